The summed E-state index contributed by atoms with van der Waals surface area (Å²) in [7, 11) is 0. The van der Waals surface area contributed by atoms with Gasteiger partial charge in [-0.2, -0.15) is 0 Å². The third kappa shape index (κ3) is 4.17. The van der Waals surface area contributed by atoms with Crippen molar-refractivity contribution in [2.45, 2.75) is 57.8 Å². The van der Waals surface area contributed by atoms with Gasteiger partial charge in [-0.25, -0.2) is 4.39 Å². The first-order valence-electron chi connectivity index (χ1n) is 7.42. The first-order chi connectivity index (χ1) is 9.97. The molecule has 1 saturated carbocycles. The average molecular weight is 295 g/mol. The lowest BCUT2D eigenvalue weighted by Crippen LogP contribution is -2.41. The predicted octanol–water partition coefficient (Wildman–Crippen LogP) is 2.71. The highest BCUT2D eigenvalue weighted by Crippen LogP contribution is 2.23. The summed E-state index contributed by atoms with van der Waals surface area (Å²) < 4.78 is 19.2. The van der Waals surface area contributed by atoms with Crippen molar-refractivity contribution in [1.29, 1.82) is 0 Å². The molecule has 0 radical (unpaired) electrons. The largest absolute Gasteiger partial charge is 0.481 e. The minimum atomic E-state index is -0.873. The second kappa shape index (κ2) is 6.89. The van der Waals surface area contributed by atoms with Crippen LogP contribution in [0.1, 0.15) is 51.2 Å². The van der Waals surface area contributed by atoms with Crippen molar-refractivity contribution in [2.75, 3.05) is 0 Å². The molecule has 0 bridgehead atoms. The highest BCUT2D eigenvalue weighted by atomic mass is 19.1. The fourth-order valence-corrected chi connectivity index (χ4v) is 2.57. The van der Waals surface area contributed by atoms with E-state index in [1.54, 1.807) is 13.0 Å². The van der Waals surface area contributed by atoms with E-state index in [1.807, 2.05) is 0 Å². The van der Waals surface area contributed by atoms with Gasteiger partial charge in [-0.05, 0) is 38.8 Å². The van der Waals surface area contributed by atoms with Gasteiger partial charge in [0.05, 0.1) is 6.10 Å². The Kier molecular flexibility index (Phi) is 5.17. The Morgan fingerprint density at radius 2 is 2.05 bits per heavy atom. The number of halogens is 1. The van der Waals surface area contributed by atoms with Crippen molar-refractivity contribution < 1.29 is 19.0 Å². The molecule has 21 heavy (non-hydrogen) atoms. The third-order valence-electron chi connectivity index (χ3n) is 3.81. The van der Waals surface area contributed by atoms with E-state index in [2.05, 4.69) is 5.32 Å². The zero-order valence-corrected chi connectivity index (χ0v) is 12.4. The number of ether oxygens (including phenoxy) is 1. The van der Waals surface area contributed by atoms with Gasteiger partial charge in [-0.3, -0.25) is 4.79 Å². The van der Waals surface area contributed by atoms with E-state index in [0.29, 0.717) is 0 Å². The lowest BCUT2D eigenvalue weighted by atomic mass is 10.1. The van der Waals surface area contributed by atoms with Crippen LogP contribution in [0, 0.1) is 5.82 Å². The lowest BCUT2D eigenvalue weighted by molar-refractivity contribution is -0.127. The summed E-state index contributed by atoms with van der Waals surface area (Å²) in [4.78, 5) is 12.0. The molecule has 2 unspecified atom stereocenters. The van der Waals surface area contributed by atoms with Gasteiger partial charge in [0.1, 0.15) is 11.6 Å². The standard InChI is InChI=1S/C16H22FNO3/c1-10(19)14-8-7-13(9-15(14)17)21-11(2)16(20)18-12-5-3-4-6-12/h7-12,19H,3-6H2,1-2H3,(H,18,20). The van der Waals surface area contributed by atoms with Crippen LogP contribution in [0.4, 0.5) is 4.39 Å². The van der Waals surface area contributed by atoms with Gasteiger partial charge in [-0.1, -0.05) is 12.8 Å². The second-order valence-corrected chi connectivity index (χ2v) is 5.61. The summed E-state index contributed by atoms with van der Waals surface area (Å²) in [6.45, 7) is 3.14. The minimum absolute atomic E-state index is 0.179. The van der Waals surface area contributed by atoms with E-state index in [1.165, 1.54) is 19.1 Å². The van der Waals surface area contributed by atoms with Gasteiger partial charge in [0.2, 0.25) is 0 Å². The molecule has 5 heteroatoms. The Morgan fingerprint density at radius 1 is 1.38 bits per heavy atom. The first kappa shape index (κ1) is 15.8. The van der Waals surface area contributed by atoms with E-state index in [0.717, 1.165) is 25.7 Å². The van der Waals surface area contributed by atoms with E-state index >= 15 is 0 Å². The van der Waals surface area contributed by atoms with Crippen molar-refractivity contribution >= 4 is 5.91 Å². The molecule has 1 aromatic carbocycles. The van der Waals surface area contributed by atoms with Crippen LogP contribution in [0.25, 0.3) is 0 Å². The van der Waals surface area contributed by atoms with Crippen LogP contribution in [0.3, 0.4) is 0 Å². The number of rotatable bonds is 5. The van der Waals surface area contributed by atoms with Crippen LogP contribution >= 0.6 is 0 Å². The SMILES string of the molecule is CC(Oc1ccc(C(C)O)c(F)c1)C(=O)NC1CCCC1. The van der Waals surface area contributed by atoms with Gasteiger partial charge in [0, 0.05) is 17.7 Å². The van der Waals surface area contributed by atoms with E-state index in [4.69, 9.17) is 4.74 Å². The molecule has 2 rings (SSSR count). The molecule has 2 N–H and O–H groups in total. The molecular weight excluding hydrogens is 273 g/mol. The van der Waals surface area contributed by atoms with Crippen LogP contribution in [0.2, 0.25) is 0 Å². The number of carbonyl (C=O) groups excluding carboxylic acids is 1. The number of amides is 1. The van der Waals surface area contributed by atoms with E-state index in [9.17, 15) is 14.3 Å². The van der Waals surface area contributed by atoms with Crippen LogP contribution in [0.5, 0.6) is 5.75 Å². The fourth-order valence-electron chi connectivity index (χ4n) is 2.57. The average Bonchev–Trinajstić information content (AvgIpc) is 2.91. The first-order valence-corrected chi connectivity index (χ1v) is 7.42. The number of aliphatic hydroxyl groups excluding tert-OH is 1. The summed E-state index contributed by atoms with van der Waals surface area (Å²) in [5.41, 5.74) is 0.213. The molecule has 0 aliphatic heterocycles. The summed E-state index contributed by atoms with van der Waals surface area (Å²) in [6, 6.07) is 4.46. The number of carbonyl (C=O) groups is 1. The highest BCUT2D eigenvalue weighted by Gasteiger charge is 2.22. The number of aliphatic hydroxyl groups is 1. The summed E-state index contributed by atoms with van der Waals surface area (Å²) in [5.74, 6) is -0.432. The number of hydrogen-bond donors (Lipinski definition) is 2. The predicted molar refractivity (Wildman–Crippen MR) is 77.5 cm³/mol. The zero-order chi connectivity index (χ0) is 15.4. The molecule has 116 valence electrons. The summed E-state index contributed by atoms with van der Waals surface area (Å²) in [6.07, 6.45) is 2.76. The molecule has 4 nitrogen and oxygen atoms in total. The topological polar surface area (TPSA) is 58.6 Å². The molecule has 1 fully saturated rings. The molecule has 2 atom stereocenters. The Balaban J connectivity index is 1.93. The van der Waals surface area contributed by atoms with Gasteiger partial charge in [0.15, 0.2) is 6.10 Å². The molecule has 0 aromatic heterocycles. The Morgan fingerprint density at radius 3 is 2.62 bits per heavy atom. The Bertz CT molecular complexity index is 498. The van der Waals surface area contributed by atoms with Gasteiger partial charge < -0.3 is 15.2 Å². The molecule has 1 aromatic rings. The van der Waals surface area contributed by atoms with Crippen molar-refractivity contribution in [3.05, 3.63) is 29.6 Å². The maximum Gasteiger partial charge on any atom is 0.260 e. The molecule has 0 heterocycles. The zero-order valence-electron chi connectivity index (χ0n) is 12.4. The summed E-state index contributed by atoms with van der Waals surface area (Å²) in [5, 5.41) is 12.3. The maximum absolute atomic E-state index is 13.7. The maximum atomic E-state index is 13.7. The Hall–Kier alpha value is -1.62. The normalized spacial score (nSPS) is 18.3. The van der Waals surface area contributed by atoms with Crippen molar-refractivity contribution in [2.24, 2.45) is 0 Å². The molecule has 0 saturated heterocycles. The van der Waals surface area contributed by atoms with Crippen molar-refractivity contribution in [3.63, 3.8) is 0 Å². The van der Waals surface area contributed by atoms with E-state index in [-0.39, 0.29) is 23.3 Å². The van der Waals surface area contributed by atoms with Gasteiger partial charge >= 0.3 is 0 Å². The molecule has 1 amide bonds. The lowest BCUT2D eigenvalue weighted by Gasteiger charge is -2.18. The van der Waals surface area contributed by atoms with Crippen molar-refractivity contribution in [3.8, 4) is 5.75 Å². The molecular formula is C16H22FNO3. The molecule has 1 aliphatic carbocycles. The van der Waals surface area contributed by atoms with Gasteiger partial charge in [0.25, 0.3) is 5.91 Å². The van der Waals surface area contributed by atoms with Crippen LogP contribution < -0.4 is 10.1 Å². The number of benzene rings is 1. The number of nitrogens with one attached hydrogen (secondary N) is 1. The fraction of sp³-hybridized carbons (Fsp3) is 0.562. The van der Waals surface area contributed by atoms with Gasteiger partial charge in [-0.15, -0.1) is 0 Å². The number of hydrogen-bond acceptors (Lipinski definition) is 3. The van der Waals surface area contributed by atoms with Crippen LogP contribution in [-0.4, -0.2) is 23.2 Å². The monoisotopic (exact) mass is 295 g/mol. The Labute approximate surface area is 124 Å². The third-order valence-corrected chi connectivity index (χ3v) is 3.81. The minimum Gasteiger partial charge on any atom is -0.481 e. The second-order valence-electron chi connectivity index (χ2n) is 5.61. The quantitative estimate of drug-likeness (QED) is 0.878. The molecule has 0 spiro atoms. The molecule has 1 aliphatic rings. The summed E-state index contributed by atoms with van der Waals surface area (Å²) >= 11 is 0. The highest BCUT2D eigenvalue weighted by molar-refractivity contribution is 5.81. The van der Waals surface area contributed by atoms with E-state index < -0.39 is 18.0 Å². The van der Waals surface area contributed by atoms with Crippen LogP contribution in [-0.2, 0) is 4.79 Å². The van der Waals surface area contributed by atoms with Crippen LogP contribution in [0.15, 0.2) is 18.2 Å². The van der Waals surface area contributed by atoms with Crippen molar-refractivity contribution in [1.82, 2.24) is 5.32 Å². The smallest absolute Gasteiger partial charge is 0.260 e.